The van der Waals surface area contributed by atoms with E-state index in [9.17, 15) is 10.2 Å². The third-order valence-corrected chi connectivity index (χ3v) is 3.05. The molecule has 0 spiro atoms. The molecule has 4 atom stereocenters. The van der Waals surface area contributed by atoms with Crippen LogP contribution in [0.3, 0.4) is 0 Å². The molecule has 9 heteroatoms. The Labute approximate surface area is 108 Å². The van der Waals surface area contributed by atoms with Crippen molar-refractivity contribution in [2.75, 3.05) is 12.3 Å². The van der Waals surface area contributed by atoms with Crippen molar-refractivity contribution in [3.63, 3.8) is 0 Å². The van der Waals surface area contributed by atoms with Crippen LogP contribution in [0.2, 0.25) is 0 Å². The van der Waals surface area contributed by atoms with Gasteiger partial charge < -0.3 is 31.5 Å². The molecular formula is C9H14N4O4S. The van der Waals surface area contributed by atoms with Gasteiger partial charge in [-0.15, -0.1) is 0 Å². The number of rotatable bonds is 3. The van der Waals surface area contributed by atoms with Gasteiger partial charge in [0.05, 0.1) is 12.9 Å². The smallest absolute Gasteiger partial charge is 0.165 e. The maximum atomic E-state index is 9.83. The maximum absolute atomic E-state index is 9.83. The first kappa shape index (κ1) is 13.2. The maximum Gasteiger partial charge on any atom is 0.165 e. The predicted molar refractivity (Wildman–Crippen MR) is 65.5 cm³/mol. The first-order valence-corrected chi connectivity index (χ1v) is 5.62. The van der Waals surface area contributed by atoms with Crippen molar-refractivity contribution in [3.05, 3.63) is 12.0 Å². The van der Waals surface area contributed by atoms with Crippen molar-refractivity contribution in [1.82, 2.24) is 9.55 Å². The third-order valence-electron chi connectivity index (χ3n) is 2.86. The highest BCUT2D eigenvalue weighted by Crippen LogP contribution is 2.31. The second-order valence-electron chi connectivity index (χ2n) is 3.98. The lowest BCUT2D eigenvalue weighted by atomic mass is 10.1. The molecule has 100 valence electrons. The van der Waals surface area contributed by atoms with Crippen LogP contribution in [0.4, 0.5) is 5.82 Å². The molecule has 1 saturated heterocycles. The number of nitrogen functional groups attached to an aromatic ring is 1. The van der Waals surface area contributed by atoms with Crippen LogP contribution in [0.25, 0.3) is 0 Å². The van der Waals surface area contributed by atoms with E-state index in [1.54, 1.807) is 0 Å². The van der Waals surface area contributed by atoms with Crippen LogP contribution in [0.5, 0.6) is 0 Å². The topological polar surface area (TPSA) is 140 Å². The molecule has 0 amide bonds. The quantitative estimate of drug-likeness (QED) is 0.388. The SMILES string of the molecule is NC(=S)c1ncn([C@@H]2O[C@@H](CO)[C@@H](O)[C@@H]2O)c1N. The summed E-state index contributed by atoms with van der Waals surface area (Å²) < 4.78 is 6.62. The molecule has 1 aliphatic heterocycles. The van der Waals surface area contributed by atoms with Crippen molar-refractivity contribution >= 4 is 23.0 Å². The fraction of sp³-hybridized carbons (Fsp3) is 0.556. The Balaban J connectivity index is 2.30. The standard InChI is InChI=1S/C9H14N4O4S/c10-7-4(8(11)18)12-2-13(7)9-6(16)5(15)3(1-14)17-9/h2-3,5-6,9,14-16H,1,10H2,(H2,11,18)/t3-,5+,6-,9+/m0/s1. The van der Waals surface area contributed by atoms with Crippen molar-refractivity contribution in [2.45, 2.75) is 24.5 Å². The second-order valence-corrected chi connectivity index (χ2v) is 4.42. The summed E-state index contributed by atoms with van der Waals surface area (Å²) in [6.07, 6.45) is -2.93. The van der Waals surface area contributed by atoms with E-state index in [0.29, 0.717) is 0 Å². The number of nitrogens with two attached hydrogens (primary N) is 2. The molecule has 8 nitrogen and oxygen atoms in total. The number of ether oxygens (including phenoxy) is 1. The highest BCUT2D eigenvalue weighted by Gasteiger charge is 2.44. The van der Waals surface area contributed by atoms with E-state index >= 15 is 0 Å². The van der Waals surface area contributed by atoms with Crippen molar-refractivity contribution in [1.29, 1.82) is 0 Å². The van der Waals surface area contributed by atoms with E-state index in [1.165, 1.54) is 10.9 Å². The molecule has 1 aromatic rings. The lowest BCUT2D eigenvalue weighted by Crippen LogP contribution is -2.33. The third kappa shape index (κ3) is 1.95. The Morgan fingerprint density at radius 1 is 1.50 bits per heavy atom. The number of nitrogens with zero attached hydrogens (tertiary/aromatic N) is 2. The zero-order chi connectivity index (χ0) is 13.4. The van der Waals surface area contributed by atoms with Gasteiger partial charge in [0.1, 0.15) is 34.8 Å². The van der Waals surface area contributed by atoms with Crippen LogP contribution >= 0.6 is 12.2 Å². The normalized spacial score (nSPS) is 31.7. The Bertz CT molecular complexity index is 465. The van der Waals surface area contributed by atoms with Crippen LogP contribution in [0, 0.1) is 0 Å². The van der Waals surface area contributed by atoms with Gasteiger partial charge in [0.25, 0.3) is 0 Å². The predicted octanol–water partition coefficient (Wildman–Crippen LogP) is -2.29. The monoisotopic (exact) mass is 274 g/mol. The summed E-state index contributed by atoms with van der Waals surface area (Å²) in [5, 5.41) is 28.5. The Morgan fingerprint density at radius 2 is 2.17 bits per heavy atom. The summed E-state index contributed by atoms with van der Waals surface area (Å²) in [6.45, 7) is -0.411. The second kappa shape index (κ2) is 4.78. The molecule has 0 saturated carbocycles. The van der Waals surface area contributed by atoms with Crippen LogP contribution in [-0.4, -0.2) is 54.8 Å². The summed E-state index contributed by atoms with van der Waals surface area (Å²) in [6, 6.07) is 0. The number of aliphatic hydroxyl groups excluding tert-OH is 3. The number of imidazole rings is 1. The van der Waals surface area contributed by atoms with E-state index in [1.807, 2.05) is 0 Å². The van der Waals surface area contributed by atoms with Gasteiger partial charge >= 0.3 is 0 Å². The van der Waals surface area contributed by atoms with Gasteiger partial charge in [0.2, 0.25) is 0 Å². The largest absolute Gasteiger partial charge is 0.394 e. The van der Waals surface area contributed by atoms with Gasteiger partial charge in [-0.1, -0.05) is 12.2 Å². The van der Waals surface area contributed by atoms with Gasteiger partial charge in [0.15, 0.2) is 6.23 Å². The molecule has 7 N–H and O–H groups in total. The Morgan fingerprint density at radius 3 is 2.61 bits per heavy atom. The number of anilines is 1. The summed E-state index contributed by atoms with van der Waals surface area (Å²) in [4.78, 5) is 3.93. The van der Waals surface area contributed by atoms with E-state index in [-0.39, 0.29) is 16.5 Å². The Kier molecular flexibility index (Phi) is 3.50. The van der Waals surface area contributed by atoms with Gasteiger partial charge in [0, 0.05) is 0 Å². The zero-order valence-corrected chi connectivity index (χ0v) is 10.1. The first-order valence-electron chi connectivity index (χ1n) is 5.22. The fourth-order valence-electron chi connectivity index (χ4n) is 1.87. The molecule has 2 heterocycles. The lowest BCUT2D eigenvalue weighted by molar-refractivity contribution is -0.0517. The van der Waals surface area contributed by atoms with E-state index in [2.05, 4.69) is 4.98 Å². The van der Waals surface area contributed by atoms with Gasteiger partial charge in [-0.05, 0) is 0 Å². The van der Waals surface area contributed by atoms with Crippen molar-refractivity contribution < 1.29 is 20.1 Å². The lowest BCUT2D eigenvalue weighted by Gasteiger charge is -2.17. The highest BCUT2D eigenvalue weighted by atomic mass is 32.1. The average molecular weight is 274 g/mol. The molecule has 0 aromatic carbocycles. The van der Waals surface area contributed by atoms with E-state index in [0.717, 1.165) is 0 Å². The van der Waals surface area contributed by atoms with E-state index in [4.69, 9.17) is 33.5 Å². The van der Waals surface area contributed by atoms with Crippen LogP contribution in [0.15, 0.2) is 6.33 Å². The fourth-order valence-corrected chi connectivity index (χ4v) is 2.03. The van der Waals surface area contributed by atoms with Crippen LogP contribution in [0.1, 0.15) is 11.9 Å². The molecule has 2 rings (SSSR count). The van der Waals surface area contributed by atoms with Crippen LogP contribution in [-0.2, 0) is 4.74 Å². The summed E-state index contributed by atoms with van der Waals surface area (Å²) in [5.41, 5.74) is 11.4. The molecule has 0 aliphatic carbocycles. The number of hydrogen-bond acceptors (Lipinski definition) is 7. The number of hydrogen-bond donors (Lipinski definition) is 5. The van der Waals surface area contributed by atoms with Gasteiger partial charge in [-0.2, -0.15) is 0 Å². The molecule has 0 bridgehead atoms. The summed E-state index contributed by atoms with van der Waals surface area (Å²) in [7, 11) is 0. The highest BCUT2D eigenvalue weighted by molar-refractivity contribution is 7.80. The minimum absolute atomic E-state index is 0.0259. The minimum atomic E-state index is -1.22. The molecule has 0 unspecified atom stereocenters. The van der Waals surface area contributed by atoms with Crippen molar-refractivity contribution in [2.24, 2.45) is 5.73 Å². The van der Waals surface area contributed by atoms with Crippen LogP contribution < -0.4 is 11.5 Å². The number of aromatic nitrogens is 2. The summed E-state index contributed by atoms with van der Waals surface area (Å²) in [5.74, 6) is 0.136. The molecular weight excluding hydrogens is 260 g/mol. The van der Waals surface area contributed by atoms with E-state index < -0.39 is 31.1 Å². The molecule has 1 fully saturated rings. The minimum Gasteiger partial charge on any atom is -0.394 e. The molecule has 1 aliphatic rings. The zero-order valence-electron chi connectivity index (χ0n) is 9.30. The summed E-state index contributed by atoms with van der Waals surface area (Å²) >= 11 is 4.77. The number of thiocarbonyl (C=S) groups is 1. The molecule has 1 aromatic heterocycles. The van der Waals surface area contributed by atoms with Crippen molar-refractivity contribution in [3.8, 4) is 0 Å². The first-order chi connectivity index (χ1) is 8.47. The molecule has 18 heavy (non-hydrogen) atoms. The van der Waals surface area contributed by atoms with Gasteiger partial charge in [-0.25, -0.2) is 4.98 Å². The molecule has 0 radical (unpaired) electrons. The average Bonchev–Trinajstić information content (AvgIpc) is 2.82. The number of aliphatic hydroxyl groups is 3. The Hall–Kier alpha value is -1.26. The van der Waals surface area contributed by atoms with Gasteiger partial charge in [-0.3, -0.25) is 4.57 Å².